The molecule has 1 rings (SSSR count). The van der Waals surface area contributed by atoms with Gasteiger partial charge in [-0.05, 0) is 30.0 Å². The van der Waals surface area contributed by atoms with Crippen molar-refractivity contribution in [2.45, 2.75) is 58.3 Å². The van der Waals surface area contributed by atoms with E-state index in [1.807, 2.05) is 12.1 Å². The zero-order valence-electron chi connectivity index (χ0n) is 13.4. The highest BCUT2D eigenvalue weighted by atomic mass is 16.4. The third kappa shape index (κ3) is 8.40. The quantitative estimate of drug-likeness (QED) is 0.368. The first-order valence-electron chi connectivity index (χ1n) is 8.13. The Bertz CT molecular complexity index is 486. The van der Waals surface area contributed by atoms with E-state index < -0.39 is 12.4 Å². The maximum atomic E-state index is 11.3. The maximum absolute atomic E-state index is 11.3. The van der Waals surface area contributed by atoms with Crippen molar-refractivity contribution in [2.24, 2.45) is 0 Å². The minimum absolute atomic E-state index is 0.386. The Morgan fingerprint density at radius 1 is 1.00 bits per heavy atom. The van der Waals surface area contributed by atoms with E-state index in [0.29, 0.717) is 0 Å². The molecule has 0 saturated carbocycles. The molecule has 0 heterocycles. The molecule has 1 aromatic carbocycles. The molecule has 0 aliphatic rings. The van der Waals surface area contributed by atoms with E-state index in [2.05, 4.69) is 19.1 Å². The minimum Gasteiger partial charge on any atom is -0.481 e. The maximum Gasteiger partial charge on any atom is 0.311 e. The summed E-state index contributed by atoms with van der Waals surface area (Å²) in [5.41, 5.74) is 2.23. The van der Waals surface area contributed by atoms with Gasteiger partial charge < -0.3 is 5.11 Å². The average molecular weight is 302 g/mol. The SMILES string of the molecule is CCCCCCCCc1ccc(/C=C/C(=O)CC(=O)O)cc1. The second-order valence-electron chi connectivity index (χ2n) is 5.63. The number of rotatable bonds is 11. The highest BCUT2D eigenvalue weighted by Crippen LogP contribution is 2.12. The van der Waals surface area contributed by atoms with E-state index in [-0.39, 0.29) is 5.78 Å². The summed E-state index contributed by atoms with van der Waals surface area (Å²) in [6, 6.07) is 8.09. The van der Waals surface area contributed by atoms with Crippen LogP contribution in [0.25, 0.3) is 6.08 Å². The fourth-order valence-corrected chi connectivity index (χ4v) is 2.30. The molecule has 0 aliphatic carbocycles. The van der Waals surface area contributed by atoms with Crippen molar-refractivity contribution in [3.05, 3.63) is 41.5 Å². The van der Waals surface area contributed by atoms with Gasteiger partial charge in [-0.15, -0.1) is 0 Å². The average Bonchev–Trinajstić information content (AvgIpc) is 2.49. The molecular formula is C19H26O3. The lowest BCUT2D eigenvalue weighted by atomic mass is 10.0. The first-order chi connectivity index (χ1) is 10.6. The van der Waals surface area contributed by atoms with E-state index in [0.717, 1.165) is 12.0 Å². The number of aliphatic carboxylic acids is 1. The Balaban J connectivity index is 2.32. The summed E-state index contributed by atoms with van der Waals surface area (Å²) in [6.07, 6.45) is 11.4. The lowest BCUT2D eigenvalue weighted by molar-refractivity contribution is -0.139. The van der Waals surface area contributed by atoms with Crippen LogP contribution in [-0.2, 0) is 16.0 Å². The van der Waals surface area contributed by atoms with Gasteiger partial charge in [0.1, 0.15) is 6.42 Å². The van der Waals surface area contributed by atoms with Crippen molar-refractivity contribution in [3.8, 4) is 0 Å². The van der Waals surface area contributed by atoms with Crippen LogP contribution >= 0.6 is 0 Å². The zero-order chi connectivity index (χ0) is 16.2. The van der Waals surface area contributed by atoms with Crippen LogP contribution in [0.1, 0.15) is 63.0 Å². The molecule has 0 bridgehead atoms. The Morgan fingerprint density at radius 2 is 1.64 bits per heavy atom. The smallest absolute Gasteiger partial charge is 0.311 e. The van der Waals surface area contributed by atoms with Crippen molar-refractivity contribution in [1.82, 2.24) is 0 Å². The van der Waals surface area contributed by atoms with Gasteiger partial charge in [-0.25, -0.2) is 0 Å². The van der Waals surface area contributed by atoms with Gasteiger partial charge in [0.15, 0.2) is 5.78 Å². The summed E-state index contributed by atoms with van der Waals surface area (Å²) in [4.78, 5) is 21.7. The molecule has 120 valence electrons. The molecule has 1 N–H and O–H groups in total. The summed E-state index contributed by atoms with van der Waals surface area (Å²) in [5.74, 6) is -1.48. The summed E-state index contributed by atoms with van der Waals surface area (Å²) in [5, 5.41) is 8.51. The summed E-state index contributed by atoms with van der Waals surface area (Å²) in [6.45, 7) is 2.23. The van der Waals surface area contributed by atoms with Crippen molar-refractivity contribution in [2.75, 3.05) is 0 Å². The monoisotopic (exact) mass is 302 g/mol. The van der Waals surface area contributed by atoms with Crippen LogP contribution < -0.4 is 0 Å². The van der Waals surface area contributed by atoms with Crippen LogP contribution in [0, 0.1) is 0 Å². The predicted molar refractivity (Wildman–Crippen MR) is 89.8 cm³/mol. The number of carboxylic acid groups (broad SMARTS) is 1. The number of carbonyl (C=O) groups excluding carboxylic acids is 1. The van der Waals surface area contributed by atoms with Gasteiger partial charge in [0.25, 0.3) is 0 Å². The van der Waals surface area contributed by atoms with Crippen molar-refractivity contribution < 1.29 is 14.7 Å². The standard InChI is InChI=1S/C19H26O3/c1-2-3-4-5-6-7-8-16-9-11-17(12-10-16)13-14-18(20)15-19(21)22/h9-14H,2-8,15H2,1H3,(H,21,22)/b14-13+. The molecule has 0 saturated heterocycles. The van der Waals surface area contributed by atoms with Crippen LogP contribution in [-0.4, -0.2) is 16.9 Å². The number of allylic oxidation sites excluding steroid dienone is 1. The van der Waals surface area contributed by atoms with Crippen LogP contribution in [0.3, 0.4) is 0 Å². The molecule has 0 atom stereocenters. The van der Waals surface area contributed by atoms with Gasteiger partial charge in [-0.2, -0.15) is 0 Å². The topological polar surface area (TPSA) is 54.4 Å². The van der Waals surface area contributed by atoms with Crippen molar-refractivity contribution >= 4 is 17.8 Å². The molecular weight excluding hydrogens is 276 g/mol. The Hall–Kier alpha value is -1.90. The molecule has 0 fully saturated rings. The second kappa shape index (κ2) is 10.8. The minimum atomic E-state index is -1.09. The predicted octanol–water partition coefficient (Wildman–Crippen LogP) is 4.65. The molecule has 3 nitrogen and oxygen atoms in total. The van der Waals surface area contributed by atoms with E-state index >= 15 is 0 Å². The summed E-state index contributed by atoms with van der Waals surface area (Å²) in [7, 11) is 0. The summed E-state index contributed by atoms with van der Waals surface area (Å²) >= 11 is 0. The van der Waals surface area contributed by atoms with E-state index in [1.165, 1.54) is 50.2 Å². The summed E-state index contributed by atoms with van der Waals surface area (Å²) < 4.78 is 0. The second-order valence-corrected chi connectivity index (χ2v) is 5.63. The normalized spacial score (nSPS) is 11.0. The molecule has 0 aromatic heterocycles. The number of ketones is 1. The molecule has 0 spiro atoms. The number of unbranched alkanes of at least 4 members (excludes halogenated alkanes) is 5. The molecule has 1 aromatic rings. The molecule has 0 unspecified atom stereocenters. The Labute approximate surface area is 133 Å². The van der Waals surface area contributed by atoms with Crippen LogP contribution in [0.15, 0.2) is 30.3 Å². The number of hydrogen-bond acceptors (Lipinski definition) is 2. The number of aryl methyl sites for hydroxylation is 1. The molecule has 22 heavy (non-hydrogen) atoms. The first kappa shape index (κ1) is 18.1. The fraction of sp³-hybridized carbons (Fsp3) is 0.474. The van der Waals surface area contributed by atoms with Gasteiger partial charge >= 0.3 is 5.97 Å². The fourth-order valence-electron chi connectivity index (χ4n) is 2.30. The molecule has 0 aliphatic heterocycles. The lowest BCUT2D eigenvalue weighted by Crippen LogP contribution is -2.02. The first-order valence-corrected chi connectivity index (χ1v) is 8.13. The van der Waals surface area contributed by atoms with E-state index in [9.17, 15) is 9.59 Å². The van der Waals surface area contributed by atoms with Crippen LogP contribution in [0.2, 0.25) is 0 Å². The number of carbonyl (C=O) groups is 2. The Morgan fingerprint density at radius 3 is 2.27 bits per heavy atom. The van der Waals surface area contributed by atoms with Gasteiger partial charge in [-0.3, -0.25) is 9.59 Å². The highest BCUT2D eigenvalue weighted by molar-refractivity contribution is 6.03. The largest absolute Gasteiger partial charge is 0.481 e. The van der Waals surface area contributed by atoms with E-state index in [4.69, 9.17) is 5.11 Å². The molecule has 3 heteroatoms. The van der Waals surface area contributed by atoms with Crippen LogP contribution in [0.4, 0.5) is 0 Å². The number of hydrogen-bond donors (Lipinski definition) is 1. The van der Waals surface area contributed by atoms with Gasteiger partial charge in [0.2, 0.25) is 0 Å². The lowest BCUT2D eigenvalue weighted by Gasteiger charge is -2.02. The molecule has 0 radical (unpaired) electrons. The van der Waals surface area contributed by atoms with Crippen molar-refractivity contribution in [1.29, 1.82) is 0 Å². The third-order valence-electron chi connectivity index (χ3n) is 3.59. The Kier molecular flexibility index (Phi) is 8.89. The molecule has 0 amide bonds. The van der Waals surface area contributed by atoms with Gasteiger partial charge in [-0.1, -0.05) is 69.4 Å². The zero-order valence-corrected chi connectivity index (χ0v) is 13.4. The van der Waals surface area contributed by atoms with E-state index in [1.54, 1.807) is 6.08 Å². The number of benzene rings is 1. The number of carboxylic acids is 1. The third-order valence-corrected chi connectivity index (χ3v) is 3.59. The van der Waals surface area contributed by atoms with Gasteiger partial charge in [0.05, 0.1) is 0 Å². The highest BCUT2D eigenvalue weighted by Gasteiger charge is 2.03. The van der Waals surface area contributed by atoms with Gasteiger partial charge in [0, 0.05) is 0 Å². The van der Waals surface area contributed by atoms with Crippen molar-refractivity contribution in [3.63, 3.8) is 0 Å². The van der Waals surface area contributed by atoms with Crippen LogP contribution in [0.5, 0.6) is 0 Å².